The first kappa shape index (κ1) is 15.2. The van der Waals surface area contributed by atoms with Gasteiger partial charge in [0.2, 0.25) is 0 Å². The number of anilines is 1. The minimum atomic E-state index is -0.549. The Morgan fingerprint density at radius 2 is 2.05 bits per heavy atom. The zero-order chi connectivity index (χ0) is 14.5. The van der Waals surface area contributed by atoms with Crippen molar-refractivity contribution in [2.75, 3.05) is 24.5 Å². The first-order valence-electron chi connectivity index (χ1n) is 7.23. The summed E-state index contributed by atoms with van der Waals surface area (Å²) in [6, 6.07) is 2.75. The molecule has 1 aliphatic rings. The first-order chi connectivity index (χ1) is 9.61. The van der Waals surface area contributed by atoms with Crippen LogP contribution in [-0.2, 0) is 6.54 Å². The van der Waals surface area contributed by atoms with Crippen molar-refractivity contribution in [3.8, 4) is 0 Å². The molecule has 0 spiro atoms. The number of hydrogen-bond acceptors (Lipinski definition) is 3. The van der Waals surface area contributed by atoms with Crippen molar-refractivity contribution in [1.82, 2.24) is 5.32 Å². The number of hydrogen-bond donors (Lipinski definition) is 2. The van der Waals surface area contributed by atoms with Crippen LogP contribution in [0.1, 0.15) is 31.7 Å². The van der Waals surface area contributed by atoms with E-state index in [0.29, 0.717) is 31.6 Å². The minimum Gasteiger partial charge on any atom is -0.391 e. The SMILES string of the molecule is CCCNCc1cc(F)c(N2CCCC(O)C2)c(F)c1. The van der Waals surface area contributed by atoms with Crippen molar-refractivity contribution in [2.24, 2.45) is 0 Å². The normalized spacial score (nSPS) is 19.4. The largest absolute Gasteiger partial charge is 0.391 e. The van der Waals surface area contributed by atoms with Gasteiger partial charge in [-0.1, -0.05) is 6.92 Å². The Morgan fingerprint density at radius 1 is 1.35 bits per heavy atom. The van der Waals surface area contributed by atoms with Gasteiger partial charge in [-0.3, -0.25) is 0 Å². The summed E-state index contributed by atoms with van der Waals surface area (Å²) in [5.41, 5.74) is 0.595. The summed E-state index contributed by atoms with van der Waals surface area (Å²) in [7, 11) is 0. The lowest BCUT2D eigenvalue weighted by Crippen LogP contribution is -2.39. The van der Waals surface area contributed by atoms with Gasteiger partial charge in [-0.15, -0.1) is 0 Å². The monoisotopic (exact) mass is 284 g/mol. The predicted octanol–water partition coefficient (Wildman–Crippen LogP) is 2.43. The van der Waals surface area contributed by atoms with E-state index in [1.807, 2.05) is 6.92 Å². The van der Waals surface area contributed by atoms with Gasteiger partial charge in [0, 0.05) is 19.6 Å². The molecule has 5 heteroatoms. The highest BCUT2D eigenvalue weighted by atomic mass is 19.1. The third-order valence-corrected chi connectivity index (χ3v) is 3.55. The summed E-state index contributed by atoms with van der Waals surface area (Å²) in [5.74, 6) is -1.10. The van der Waals surface area contributed by atoms with Crippen molar-refractivity contribution in [3.63, 3.8) is 0 Å². The fourth-order valence-electron chi connectivity index (χ4n) is 2.59. The van der Waals surface area contributed by atoms with E-state index in [1.165, 1.54) is 12.1 Å². The van der Waals surface area contributed by atoms with Gasteiger partial charge in [0.25, 0.3) is 0 Å². The lowest BCUT2D eigenvalue weighted by atomic mass is 10.1. The minimum absolute atomic E-state index is 0.0111. The number of aliphatic hydroxyl groups excluding tert-OH is 1. The van der Waals surface area contributed by atoms with Crippen LogP contribution in [0.3, 0.4) is 0 Å². The lowest BCUT2D eigenvalue weighted by Gasteiger charge is -2.32. The molecule has 3 nitrogen and oxygen atoms in total. The highest BCUT2D eigenvalue weighted by Gasteiger charge is 2.23. The van der Waals surface area contributed by atoms with Gasteiger partial charge >= 0.3 is 0 Å². The Bertz CT molecular complexity index is 430. The molecule has 112 valence electrons. The maximum atomic E-state index is 14.1. The van der Waals surface area contributed by atoms with Crippen molar-refractivity contribution in [1.29, 1.82) is 0 Å². The second-order valence-corrected chi connectivity index (χ2v) is 5.33. The van der Waals surface area contributed by atoms with Crippen LogP contribution in [0.15, 0.2) is 12.1 Å². The van der Waals surface area contributed by atoms with Gasteiger partial charge < -0.3 is 15.3 Å². The predicted molar refractivity (Wildman–Crippen MR) is 75.8 cm³/mol. The van der Waals surface area contributed by atoms with E-state index in [4.69, 9.17) is 0 Å². The number of nitrogens with zero attached hydrogens (tertiary/aromatic N) is 1. The standard InChI is InChI=1S/C15H22F2N2O/c1-2-5-18-9-11-7-13(16)15(14(17)8-11)19-6-3-4-12(20)10-19/h7-8,12,18,20H,2-6,9-10H2,1H3. The summed E-state index contributed by atoms with van der Waals surface area (Å²) in [6.45, 7) is 4.20. The third-order valence-electron chi connectivity index (χ3n) is 3.55. The van der Waals surface area contributed by atoms with Crippen molar-refractivity contribution in [2.45, 2.75) is 38.8 Å². The van der Waals surface area contributed by atoms with Crippen LogP contribution < -0.4 is 10.2 Å². The van der Waals surface area contributed by atoms with E-state index in [0.717, 1.165) is 19.4 Å². The quantitative estimate of drug-likeness (QED) is 0.815. The van der Waals surface area contributed by atoms with Crippen LogP contribution in [0, 0.1) is 11.6 Å². The van der Waals surface area contributed by atoms with Gasteiger partial charge in [-0.05, 0) is 43.5 Å². The molecule has 1 saturated heterocycles. The molecule has 1 fully saturated rings. The van der Waals surface area contributed by atoms with Crippen molar-refractivity contribution >= 4 is 5.69 Å². The van der Waals surface area contributed by atoms with Crippen LogP contribution in [0.4, 0.5) is 14.5 Å². The third kappa shape index (κ3) is 3.67. The molecular weight excluding hydrogens is 262 g/mol. The molecule has 0 bridgehead atoms. The van der Waals surface area contributed by atoms with Crippen molar-refractivity contribution in [3.05, 3.63) is 29.3 Å². The Labute approximate surface area is 118 Å². The van der Waals surface area contributed by atoms with Gasteiger partial charge in [0.15, 0.2) is 0 Å². The molecule has 1 unspecified atom stereocenters. The summed E-state index contributed by atoms with van der Waals surface area (Å²) in [6.07, 6.45) is 1.92. The molecule has 0 radical (unpaired) electrons. The molecule has 20 heavy (non-hydrogen) atoms. The average molecular weight is 284 g/mol. The molecule has 1 aliphatic heterocycles. The molecule has 0 saturated carbocycles. The van der Waals surface area contributed by atoms with Gasteiger partial charge in [0.1, 0.15) is 17.3 Å². The summed E-state index contributed by atoms with van der Waals surface area (Å²) in [4.78, 5) is 1.60. The maximum Gasteiger partial charge on any atom is 0.149 e. The first-order valence-corrected chi connectivity index (χ1v) is 7.23. The molecule has 2 rings (SSSR count). The number of β-amino-alcohol motifs (C(OH)–C–C–N with tert-alkyl or cyclic N) is 1. The Hall–Kier alpha value is -1.20. The van der Waals surface area contributed by atoms with Gasteiger partial charge in [0.05, 0.1) is 6.10 Å². The molecule has 0 aromatic heterocycles. The van der Waals surface area contributed by atoms with E-state index in [-0.39, 0.29) is 5.69 Å². The van der Waals surface area contributed by atoms with Crippen LogP contribution in [0.25, 0.3) is 0 Å². The summed E-state index contributed by atoms with van der Waals surface area (Å²) >= 11 is 0. The number of piperidine rings is 1. The highest BCUT2D eigenvalue weighted by Crippen LogP contribution is 2.27. The number of rotatable bonds is 5. The fourth-order valence-corrected chi connectivity index (χ4v) is 2.59. The van der Waals surface area contributed by atoms with E-state index >= 15 is 0 Å². The molecule has 2 N–H and O–H groups in total. The van der Waals surface area contributed by atoms with Gasteiger partial charge in [-0.25, -0.2) is 8.78 Å². The molecule has 1 heterocycles. The second-order valence-electron chi connectivity index (χ2n) is 5.33. The lowest BCUT2D eigenvalue weighted by molar-refractivity contribution is 0.153. The van der Waals surface area contributed by atoms with Crippen LogP contribution >= 0.6 is 0 Å². The number of benzene rings is 1. The number of halogens is 2. The zero-order valence-electron chi connectivity index (χ0n) is 11.8. The smallest absolute Gasteiger partial charge is 0.149 e. The molecule has 1 atom stereocenters. The topological polar surface area (TPSA) is 35.5 Å². The van der Waals surface area contributed by atoms with E-state index in [2.05, 4.69) is 5.32 Å². The molecule has 0 aliphatic carbocycles. The fraction of sp³-hybridized carbons (Fsp3) is 0.600. The number of aliphatic hydroxyl groups is 1. The van der Waals surface area contributed by atoms with E-state index in [1.54, 1.807) is 4.90 Å². The van der Waals surface area contributed by atoms with Gasteiger partial charge in [-0.2, -0.15) is 0 Å². The maximum absolute atomic E-state index is 14.1. The zero-order valence-corrected chi connectivity index (χ0v) is 11.8. The van der Waals surface area contributed by atoms with Crippen LogP contribution in [0.2, 0.25) is 0 Å². The van der Waals surface area contributed by atoms with E-state index in [9.17, 15) is 13.9 Å². The molecule has 1 aromatic rings. The molecule has 1 aromatic carbocycles. The highest BCUT2D eigenvalue weighted by molar-refractivity contribution is 5.51. The van der Waals surface area contributed by atoms with Crippen molar-refractivity contribution < 1.29 is 13.9 Å². The molecule has 0 amide bonds. The molecular formula is C15H22F2N2O. The summed E-state index contributed by atoms with van der Waals surface area (Å²) < 4.78 is 28.3. The Morgan fingerprint density at radius 3 is 2.65 bits per heavy atom. The Kier molecular flexibility index (Phi) is 5.31. The second kappa shape index (κ2) is 6.99. The van der Waals surface area contributed by atoms with Crippen LogP contribution in [-0.4, -0.2) is 30.8 Å². The average Bonchev–Trinajstić information content (AvgIpc) is 2.38. The Balaban J connectivity index is 2.13. The summed E-state index contributed by atoms with van der Waals surface area (Å²) in [5, 5.41) is 12.7. The van der Waals surface area contributed by atoms with E-state index < -0.39 is 17.7 Å². The number of nitrogens with one attached hydrogen (secondary N) is 1. The van der Waals surface area contributed by atoms with Crippen LogP contribution in [0.5, 0.6) is 0 Å².